The summed E-state index contributed by atoms with van der Waals surface area (Å²) < 4.78 is 15.2. The van der Waals surface area contributed by atoms with Crippen LogP contribution in [0.5, 0.6) is 0 Å². The Kier molecular flexibility index (Phi) is 6.01. The van der Waals surface area contributed by atoms with Crippen molar-refractivity contribution in [1.29, 1.82) is 0 Å². The molecule has 1 fully saturated rings. The molecule has 1 aromatic carbocycles. The molecule has 1 unspecified atom stereocenters. The molecule has 2 heterocycles. The number of rotatable bonds is 5. The van der Waals surface area contributed by atoms with Crippen molar-refractivity contribution in [3.05, 3.63) is 29.2 Å². The van der Waals surface area contributed by atoms with E-state index < -0.39 is 17.6 Å². The van der Waals surface area contributed by atoms with Gasteiger partial charge in [-0.25, -0.2) is 14.4 Å². The number of aromatic nitrogens is 2. The number of hydrogen-bond donors (Lipinski definition) is 3. The summed E-state index contributed by atoms with van der Waals surface area (Å²) in [4.78, 5) is 11.0. The molecule has 8 heteroatoms. The Hall–Kier alpha value is -2.12. The third kappa shape index (κ3) is 4.44. The third-order valence-corrected chi connectivity index (χ3v) is 6.36. The molecule has 168 valence electrons. The average molecular weight is 448 g/mol. The Labute approximate surface area is 188 Å². The molecule has 0 amide bonds. The van der Waals surface area contributed by atoms with Crippen molar-refractivity contribution >= 4 is 28.9 Å². The zero-order valence-corrected chi connectivity index (χ0v) is 19.3. The number of fused-ring (bicyclic) bond motifs is 1. The van der Waals surface area contributed by atoms with Crippen molar-refractivity contribution in [2.24, 2.45) is 0 Å². The van der Waals surface area contributed by atoms with E-state index in [0.29, 0.717) is 39.6 Å². The Morgan fingerprint density at radius 3 is 2.61 bits per heavy atom. The van der Waals surface area contributed by atoms with Crippen LogP contribution >= 0.6 is 11.6 Å². The largest absolute Gasteiger partial charge is 0.386 e. The number of aliphatic hydroxyl groups is 1. The molecule has 6 nitrogen and oxygen atoms in total. The first kappa shape index (κ1) is 22.1. The summed E-state index contributed by atoms with van der Waals surface area (Å²) in [5, 5.41) is 17.6. The summed E-state index contributed by atoms with van der Waals surface area (Å²) in [6, 6.07) is 3.72. The van der Waals surface area contributed by atoms with Gasteiger partial charge in [0.15, 0.2) is 0 Å². The second-order valence-electron chi connectivity index (χ2n) is 9.42. The van der Waals surface area contributed by atoms with Gasteiger partial charge in [-0.2, -0.15) is 0 Å². The van der Waals surface area contributed by atoms with Crippen LogP contribution in [0.4, 0.5) is 21.7 Å². The van der Waals surface area contributed by atoms with Gasteiger partial charge in [0.05, 0.1) is 33.9 Å². The first-order valence-electron chi connectivity index (χ1n) is 11.1. The molecule has 1 aliphatic carbocycles. The monoisotopic (exact) mass is 447 g/mol. The Balaban J connectivity index is 1.71. The summed E-state index contributed by atoms with van der Waals surface area (Å²) in [6.45, 7) is 7.47. The molecule has 2 aromatic rings. The molecule has 2 aliphatic rings. The lowest BCUT2D eigenvalue weighted by atomic mass is 9.96. The van der Waals surface area contributed by atoms with Gasteiger partial charge >= 0.3 is 0 Å². The lowest BCUT2D eigenvalue weighted by Crippen LogP contribution is -2.53. The van der Waals surface area contributed by atoms with Crippen LogP contribution in [0, 0.1) is 5.82 Å². The minimum Gasteiger partial charge on any atom is -0.386 e. The minimum atomic E-state index is -1.07. The molecule has 0 saturated heterocycles. The third-order valence-electron chi connectivity index (χ3n) is 6.09. The number of nitrogens with one attached hydrogen (secondary N) is 2. The van der Waals surface area contributed by atoms with E-state index in [1.54, 1.807) is 20.0 Å². The molecular weight excluding hydrogens is 417 g/mol. The SMILES string of the molecule is CC(C)N1c2cc(-c3nc(NC4CCCCC4)ncc3Cl)cc(F)c2NC1C(C)(C)O. The lowest BCUT2D eigenvalue weighted by molar-refractivity contribution is 0.0579. The zero-order valence-electron chi connectivity index (χ0n) is 18.5. The van der Waals surface area contributed by atoms with Crippen LogP contribution in [0.3, 0.4) is 0 Å². The Morgan fingerprint density at radius 2 is 1.97 bits per heavy atom. The first-order valence-corrected chi connectivity index (χ1v) is 11.4. The van der Waals surface area contributed by atoms with Crippen LogP contribution < -0.4 is 15.5 Å². The highest BCUT2D eigenvalue weighted by atomic mass is 35.5. The topological polar surface area (TPSA) is 73.3 Å². The lowest BCUT2D eigenvalue weighted by Gasteiger charge is -2.37. The molecule has 31 heavy (non-hydrogen) atoms. The van der Waals surface area contributed by atoms with Crippen molar-refractivity contribution in [1.82, 2.24) is 9.97 Å². The molecule has 1 aliphatic heterocycles. The average Bonchev–Trinajstić information content (AvgIpc) is 3.11. The van der Waals surface area contributed by atoms with E-state index in [1.165, 1.54) is 25.3 Å². The summed E-state index contributed by atoms with van der Waals surface area (Å²) >= 11 is 6.43. The zero-order chi connectivity index (χ0) is 22.3. The first-order chi connectivity index (χ1) is 14.6. The van der Waals surface area contributed by atoms with E-state index in [1.807, 2.05) is 24.8 Å². The van der Waals surface area contributed by atoms with E-state index in [2.05, 4.69) is 20.6 Å². The van der Waals surface area contributed by atoms with Crippen LogP contribution in [0.2, 0.25) is 5.02 Å². The van der Waals surface area contributed by atoms with Crippen molar-refractivity contribution < 1.29 is 9.50 Å². The van der Waals surface area contributed by atoms with Gasteiger partial charge in [0.25, 0.3) is 0 Å². The van der Waals surface area contributed by atoms with Crippen LogP contribution in [0.1, 0.15) is 59.8 Å². The smallest absolute Gasteiger partial charge is 0.223 e. The van der Waals surface area contributed by atoms with Crippen molar-refractivity contribution in [2.45, 2.75) is 83.6 Å². The van der Waals surface area contributed by atoms with Crippen LogP contribution in [0.25, 0.3) is 11.3 Å². The Morgan fingerprint density at radius 1 is 1.26 bits per heavy atom. The van der Waals surface area contributed by atoms with Gasteiger partial charge < -0.3 is 20.6 Å². The predicted molar refractivity (Wildman–Crippen MR) is 124 cm³/mol. The van der Waals surface area contributed by atoms with Gasteiger partial charge in [-0.1, -0.05) is 30.9 Å². The van der Waals surface area contributed by atoms with Crippen molar-refractivity contribution in [3.63, 3.8) is 0 Å². The van der Waals surface area contributed by atoms with Gasteiger partial charge in [-0.3, -0.25) is 0 Å². The standard InChI is InChI=1S/C23H31ClFN5O/c1-13(2)30-18-11-14(10-17(25)20(18)28-21(30)23(3,4)31)19-16(24)12-26-22(29-19)27-15-8-6-5-7-9-15/h10-13,15,21,28,31H,5-9H2,1-4H3,(H,26,27,29). The molecule has 1 aromatic heterocycles. The maximum absolute atomic E-state index is 15.2. The van der Waals surface area contributed by atoms with E-state index in [4.69, 9.17) is 11.6 Å². The molecule has 0 spiro atoms. The minimum absolute atomic E-state index is 0.0456. The molecule has 4 rings (SSSR count). The van der Waals surface area contributed by atoms with Gasteiger partial charge in [0.2, 0.25) is 5.95 Å². The fourth-order valence-electron chi connectivity index (χ4n) is 4.58. The second kappa shape index (κ2) is 8.43. The van der Waals surface area contributed by atoms with E-state index in [0.717, 1.165) is 12.8 Å². The highest BCUT2D eigenvalue weighted by Gasteiger charge is 2.41. The van der Waals surface area contributed by atoms with Crippen molar-refractivity contribution in [3.8, 4) is 11.3 Å². The molecular formula is C23H31ClFN5O. The normalized spacial score (nSPS) is 19.5. The number of halogens is 2. The van der Waals surface area contributed by atoms with Gasteiger partial charge in [0.1, 0.15) is 12.0 Å². The summed E-state index contributed by atoms with van der Waals surface area (Å²) in [5.41, 5.74) is 1.08. The summed E-state index contributed by atoms with van der Waals surface area (Å²) in [5.74, 6) is 0.113. The fourth-order valence-corrected chi connectivity index (χ4v) is 4.78. The maximum atomic E-state index is 15.2. The van der Waals surface area contributed by atoms with Gasteiger partial charge in [0, 0.05) is 17.6 Å². The number of benzene rings is 1. The van der Waals surface area contributed by atoms with Gasteiger partial charge in [-0.15, -0.1) is 0 Å². The summed E-state index contributed by atoms with van der Waals surface area (Å²) in [7, 11) is 0. The molecule has 1 atom stereocenters. The second-order valence-corrected chi connectivity index (χ2v) is 9.83. The highest BCUT2D eigenvalue weighted by Crippen LogP contribution is 2.44. The molecule has 0 radical (unpaired) electrons. The van der Waals surface area contributed by atoms with E-state index in [-0.39, 0.29) is 6.04 Å². The highest BCUT2D eigenvalue weighted by molar-refractivity contribution is 6.33. The van der Waals surface area contributed by atoms with Crippen LogP contribution in [-0.4, -0.2) is 38.9 Å². The van der Waals surface area contributed by atoms with Crippen molar-refractivity contribution in [2.75, 3.05) is 15.5 Å². The Bertz CT molecular complexity index is 956. The maximum Gasteiger partial charge on any atom is 0.223 e. The van der Waals surface area contributed by atoms with E-state index in [9.17, 15) is 5.11 Å². The number of anilines is 3. The van der Waals surface area contributed by atoms with Crippen LogP contribution in [-0.2, 0) is 0 Å². The van der Waals surface area contributed by atoms with E-state index >= 15 is 4.39 Å². The number of hydrogen-bond acceptors (Lipinski definition) is 6. The quantitative estimate of drug-likeness (QED) is 0.568. The molecule has 1 saturated carbocycles. The molecule has 0 bridgehead atoms. The predicted octanol–water partition coefficient (Wildman–Crippen LogP) is 5.42. The fraction of sp³-hybridized carbons (Fsp3) is 0.565. The number of nitrogens with zero attached hydrogens (tertiary/aromatic N) is 3. The molecule has 3 N–H and O–H groups in total. The summed E-state index contributed by atoms with van der Waals surface area (Å²) in [6.07, 6.45) is 6.99. The van der Waals surface area contributed by atoms with Gasteiger partial charge in [-0.05, 0) is 52.7 Å². The van der Waals surface area contributed by atoms with Crippen LogP contribution in [0.15, 0.2) is 18.3 Å².